The molecule has 0 unspecified atom stereocenters. The van der Waals surface area contributed by atoms with Gasteiger partial charge in [0.15, 0.2) is 9.84 Å². The van der Waals surface area contributed by atoms with Gasteiger partial charge in [-0.05, 0) is 83.6 Å². The molecule has 9 heteroatoms. The fourth-order valence-corrected chi connectivity index (χ4v) is 7.17. The summed E-state index contributed by atoms with van der Waals surface area (Å²) in [5.41, 5.74) is 4.27. The monoisotopic (exact) mass is 602 g/mol. The summed E-state index contributed by atoms with van der Waals surface area (Å²) in [5.74, 6) is 1.26. The Morgan fingerprint density at radius 3 is 2.36 bits per heavy atom. The van der Waals surface area contributed by atoms with Crippen molar-refractivity contribution in [1.29, 1.82) is 0 Å². The highest BCUT2D eigenvalue weighted by molar-refractivity contribution is 7.89. The van der Waals surface area contributed by atoms with Crippen molar-refractivity contribution in [2.45, 2.75) is 42.8 Å². The molecule has 6 rings (SSSR count). The number of piperidine rings is 1. The number of halogens is 1. The first-order valence-electron chi connectivity index (χ1n) is 14.0. The average molecular weight is 603 g/mol. The number of ether oxygens (including phenoxy) is 2. The highest BCUT2D eigenvalue weighted by Gasteiger charge is 2.41. The van der Waals surface area contributed by atoms with Crippen LogP contribution in [-0.2, 0) is 27.8 Å². The Balaban J connectivity index is 1.06. The van der Waals surface area contributed by atoms with Crippen LogP contribution in [0, 0.1) is 0 Å². The predicted octanol–water partition coefficient (Wildman–Crippen LogP) is 6.88. The average Bonchev–Trinajstić information content (AvgIpc) is 2.99. The van der Waals surface area contributed by atoms with E-state index in [4.69, 9.17) is 21.1 Å². The van der Waals surface area contributed by atoms with Crippen LogP contribution in [0.25, 0.3) is 11.1 Å². The Hall–Kier alpha value is -3.88. The molecule has 2 aliphatic rings. The number of fused-ring (bicyclic) bond motifs is 1. The number of carbonyl (C=O) groups is 1. The van der Waals surface area contributed by atoms with Crippen molar-refractivity contribution in [2.75, 3.05) is 13.1 Å². The number of carbonyl (C=O) groups excluding carboxylic acids is 1. The van der Waals surface area contributed by atoms with Gasteiger partial charge in [-0.15, -0.1) is 0 Å². The van der Waals surface area contributed by atoms with Crippen LogP contribution in [0.1, 0.15) is 36.1 Å². The fraction of sp³-hybridized carbons (Fsp3) is 0.273. The van der Waals surface area contributed by atoms with Crippen LogP contribution >= 0.6 is 11.6 Å². The third-order valence-corrected chi connectivity index (χ3v) is 9.72. The van der Waals surface area contributed by atoms with Gasteiger partial charge < -0.3 is 14.4 Å². The van der Waals surface area contributed by atoms with Crippen LogP contribution in [0.4, 0.5) is 4.79 Å². The molecule has 0 atom stereocenters. The van der Waals surface area contributed by atoms with Gasteiger partial charge in [-0.3, -0.25) is 4.98 Å². The lowest BCUT2D eigenvalue weighted by molar-refractivity contribution is -0.00948. The number of amides is 1. The Labute approximate surface area is 251 Å². The first-order valence-corrected chi connectivity index (χ1v) is 16.2. The van der Waals surface area contributed by atoms with E-state index in [1.54, 1.807) is 53.6 Å². The number of rotatable bonds is 6. The van der Waals surface area contributed by atoms with Crippen LogP contribution in [-0.4, -0.2) is 43.1 Å². The zero-order valence-electron chi connectivity index (χ0n) is 23.0. The van der Waals surface area contributed by atoms with Crippen LogP contribution in [0.3, 0.4) is 0 Å². The highest BCUT2D eigenvalue weighted by Crippen LogP contribution is 2.41. The molecule has 0 saturated carbocycles. The molecule has 42 heavy (non-hydrogen) atoms. The molecule has 1 spiro atoms. The lowest BCUT2D eigenvalue weighted by Gasteiger charge is -2.44. The largest absolute Gasteiger partial charge is 0.487 e. The third kappa shape index (κ3) is 6.61. The molecule has 1 saturated heterocycles. The summed E-state index contributed by atoms with van der Waals surface area (Å²) in [6, 6.07) is 26.0. The lowest BCUT2D eigenvalue weighted by atomic mass is 9.82. The minimum atomic E-state index is -3.33. The van der Waals surface area contributed by atoms with E-state index in [0.29, 0.717) is 29.6 Å². The van der Waals surface area contributed by atoms with Crippen molar-refractivity contribution in [1.82, 2.24) is 9.88 Å². The predicted molar refractivity (Wildman–Crippen MR) is 162 cm³/mol. The highest BCUT2D eigenvalue weighted by atomic mass is 35.5. The van der Waals surface area contributed by atoms with Gasteiger partial charge in [-0.25, -0.2) is 13.2 Å². The summed E-state index contributed by atoms with van der Waals surface area (Å²) in [7, 11) is -3.33. The summed E-state index contributed by atoms with van der Waals surface area (Å²) < 4.78 is 37.4. The molecule has 216 valence electrons. The Morgan fingerprint density at radius 1 is 0.905 bits per heavy atom. The van der Waals surface area contributed by atoms with E-state index in [1.807, 2.05) is 36.4 Å². The summed E-state index contributed by atoms with van der Waals surface area (Å²) in [5, 5.41) is 0.593. The molecule has 0 radical (unpaired) electrons. The van der Waals surface area contributed by atoms with Crippen molar-refractivity contribution < 1.29 is 22.7 Å². The zero-order valence-corrected chi connectivity index (χ0v) is 24.6. The number of pyridine rings is 1. The van der Waals surface area contributed by atoms with Crippen molar-refractivity contribution in [3.8, 4) is 22.6 Å². The number of benzene rings is 3. The Bertz CT molecular complexity index is 1670. The molecule has 3 heterocycles. The third-order valence-electron chi connectivity index (χ3n) is 7.96. The second kappa shape index (κ2) is 11.8. The molecule has 0 N–H and O–H groups in total. The van der Waals surface area contributed by atoms with Gasteiger partial charge >= 0.3 is 6.09 Å². The zero-order chi connectivity index (χ0) is 29.2. The summed E-state index contributed by atoms with van der Waals surface area (Å²) >= 11 is 5.92. The number of likely N-dealkylation sites (tertiary alicyclic amines) is 1. The normalized spacial score (nSPS) is 16.0. The second-order valence-electron chi connectivity index (χ2n) is 11.0. The number of hydrogen-bond donors (Lipinski definition) is 0. The smallest absolute Gasteiger partial charge is 0.415 e. The van der Waals surface area contributed by atoms with Gasteiger partial charge in [0, 0.05) is 37.2 Å². The van der Waals surface area contributed by atoms with Crippen LogP contribution in [0.2, 0.25) is 5.02 Å². The van der Waals surface area contributed by atoms with Gasteiger partial charge in [-0.2, -0.15) is 0 Å². The van der Waals surface area contributed by atoms with E-state index < -0.39 is 9.84 Å². The van der Waals surface area contributed by atoms with Crippen LogP contribution in [0.15, 0.2) is 91.1 Å². The van der Waals surface area contributed by atoms with Crippen LogP contribution < -0.4 is 9.47 Å². The van der Waals surface area contributed by atoms with Gasteiger partial charge in [0.2, 0.25) is 0 Å². The van der Waals surface area contributed by atoms with E-state index in [1.165, 1.54) is 0 Å². The molecule has 1 fully saturated rings. The lowest BCUT2D eigenvalue weighted by Crippen LogP contribution is -2.51. The minimum absolute atomic E-state index is 0.0275. The number of aryl methyl sites for hydroxylation is 1. The number of aromatic nitrogens is 1. The van der Waals surface area contributed by atoms with E-state index in [9.17, 15) is 13.2 Å². The molecular formula is C33H31ClN2O5S. The topological polar surface area (TPSA) is 85.8 Å². The van der Waals surface area contributed by atoms with Crippen molar-refractivity contribution in [2.24, 2.45) is 0 Å². The fourth-order valence-electron chi connectivity index (χ4n) is 5.62. The SMILES string of the molecule is O=C(Oc1ccc(Cl)cc1)N1CCC2(CCc3cc(-c4ccc(CS(=O)(=O)Cc5ccccn5)cc4)ccc3O2)CC1. The number of sulfone groups is 1. The van der Waals surface area contributed by atoms with E-state index in [0.717, 1.165) is 53.7 Å². The first kappa shape index (κ1) is 28.2. The second-order valence-corrected chi connectivity index (χ2v) is 13.5. The van der Waals surface area contributed by atoms with E-state index >= 15 is 0 Å². The van der Waals surface area contributed by atoms with Crippen molar-refractivity contribution in [3.63, 3.8) is 0 Å². The molecule has 0 aliphatic carbocycles. The summed E-state index contributed by atoms with van der Waals surface area (Å²) in [6.07, 6.45) is 4.52. The standard InChI is InChI=1S/C33H31ClN2O5S/c34-28-9-11-30(12-10-28)40-32(37)36-19-16-33(17-20-36)15-14-27-21-26(8-13-31(27)41-33)25-6-4-24(5-7-25)22-42(38,39)23-29-3-1-2-18-35-29/h1-13,18,21H,14-17,19-20,22-23H2. The molecular weight excluding hydrogens is 572 g/mol. The number of nitrogens with zero attached hydrogens (tertiary/aromatic N) is 2. The van der Waals surface area contributed by atoms with E-state index in [-0.39, 0.29) is 23.2 Å². The van der Waals surface area contributed by atoms with Gasteiger partial charge in [0.05, 0.1) is 17.2 Å². The van der Waals surface area contributed by atoms with Crippen molar-refractivity contribution >= 4 is 27.5 Å². The summed E-state index contributed by atoms with van der Waals surface area (Å²) in [6.45, 7) is 1.15. The molecule has 7 nitrogen and oxygen atoms in total. The quantitative estimate of drug-likeness (QED) is 0.239. The maximum absolute atomic E-state index is 12.7. The van der Waals surface area contributed by atoms with Crippen LogP contribution in [0.5, 0.6) is 11.5 Å². The Morgan fingerprint density at radius 2 is 1.64 bits per heavy atom. The van der Waals surface area contributed by atoms with E-state index in [2.05, 4.69) is 11.1 Å². The van der Waals surface area contributed by atoms with Crippen molar-refractivity contribution in [3.05, 3.63) is 113 Å². The van der Waals surface area contributed by atoms with Gasteiger partial charge in [-0.1, -0.05) is 48.0 Å². The number of hydrogen-bond acceptors (Lipinski definition) is 6. The molecule has 1 amide bonds. The minimum Gasteiger partial charge on any atom is -0.487 e. The molecule has 1 aromatic heterocycles. The van der Waals surface area contributed by atoms with Gasteiger partial charge in [0.1, 0.15) is 17.1 Å². The first-order chi connectivity index (χ1) is 20.3. The molecule has 0 bridgehead atoms. The summed E-state index contributed by atoms with van der Waals surface area (Å²) in [4.78, 5) is 18.5. The molecule has 4 aromatic rings. The Kier molecular flexibility index (Phi) is 7.92. The maximum Gasteiger partial charge on any atom is 0.415 e. The maximum atomic E-state index is 12.7. The molecule has 3 aromatic carbocycles. The molecule has 2 aliphatic heterocycles. The van der Waals surface area contributed by atoms with Gasteiger partial charge in [0.25, 0.3) is 0 Å².